The van der Waals surface area contributed by atoms with Crippen molar-refractivity contribution in [2.75, 3.05) is 18.0 Å². The number of halogens is 4. The molecular weight excluding hydrogens is 486 g/mol. The maximum atomic E-state index is 14.7. The lowest BCUT2D eigenvalue weighted by molar-refractivity contribution is 0.0130. The molecule has 158 valence electrons. The molecule has 2 heterocycles. The van der Waals surface area contributed by atoms with Crippen LogP contribution in [0, 0.1) is 5.82 Å². The second-order valence-corrected chi connectivity index (χ2v) is 9.72. The van der Waals surface area contributed by atoms with Crippen molar-refractivity contribution in [3.8, 4) is 0 Å². The number of nitrogens with zero attached hydrogens (tertiary/aromatic N) is 4. The Labute approximate surface area is 187 Å². The summed E-state index contributed by atoms with van der Waals surface area (Å²) in [6.45, 7) is 10.3. The number of anilines is 1. The second kappa shape index (κ2) is 8.04. The minimum atomic E-state index is -0.592. The van der Waals surface area contributed by atoms with Crippen molar-refractivity contribution < 1.29 is 13.9 Å². The molecule has 2 aromatic rings. The van der Waals surface area contributed by atoms with Gasteiger partial charge in [-0.1, -0.05) is 11.6 Å². The molecule has 10 heteroatoms. The Hall–Kier alpha value is -1.38. The molecule has 2 atom stereocenters. The van der Waals surface area contributed by atoms with Crippen LogP contribution in [0.4, 0.5) is 15.0 Å². The number of hydrogen-bond acceptors (Lipinski definition) is 5. The van der Waals surface area contributed by atoms with Crippen LogP contribution in [-0.2, 0) is 4.74 Å². The van der Waals surface area contributed by atoms with Crippen molar-refractivity contribution in [1.82, 2.24) is 14.9 Å². The molecule has 1 fully saturated rings. The number of aromatic nitrogens is 2. The van der Waals surface area contributed by atoms with E-state index < -0.39 is 11.4 Å². The van der Waals surface area contributed by atoms with Gasteiger partial charge in [-0.05, 0) is 68.2 Å². The third kappa shape index (κ3) is 4.54. The van der Waals surface area contributed by atoms with Gasteiger partial charge in [0.2, 0.25) is 5.28 Å². The van der Waals surface area contributed by atoms with Crippen LogP contribution in [0.1, 0.15) is 34.6 Å². The summed E-state index contributed by atoms with van der Waals surface area (Å²) in [5, 5.41) is 0.621. The lowest BCUT2D eigenvalue weighted by Crippen LogP contribution is -2.59. The van der Waals surface area contributed by atoms with Crippen LogP contribution in [0.2, 0.25) is 10.3 Å². The maximum Gasteiger partial charge on any atom is 0.410 e. The predicted molar refractivity (Wildman–Crippen MR) is 116 cm³/mol. The summed E-state index contributed by atoms with van der Waals surface area (Å²) in [6.07, 6.45) is -0.361. The zero-order valence-corrected chi connectivity index (χ0v) is 19.9. The number of piperazine rings is 1. The van der Waals surface area contributed by atoms with Crippen LogP contribution in [0.3, 0.4) is 0 Å². The van der Waals surface area contributed by atoms with Gasteiger partial charge in [-0.25, -0.2) is 14.2 Å². The Kier molecular flexibility index (Phi) is 6.18. The minimum absolute atomic E-state index is 0.0601. The van der Waals surface area contributed by atoms with Crippen LogP contribution in [0.5, 0.6) is 0 Å². The number of benzene rings is 1. The summed E-state index contributed by atoms with van der Waals surface area (Å²) in [5.74, 6) is -0.109. The molecule has 0 radical (unpaired) electrons. The van der Waals surface area contributed by atoms with Crippen molar-refractivity contribution in [2.24, 2.45) is 0 Å². The first-order chi connectivity index (χ1) is 13.4. The molecular formula is C19H22BrCl2FN4O2. The van der Waals surface area contributed by atoms with Crippen LogP contribution < -0.4 is 4.90 Å². The number of fused-ring (bicyclic) bond motifs is 1. The monoisotopic (exact) mass is 506 g/mol. The zero-order chi connectivity index (χ0) is 21.7. The highest BCUT2D eigenvalue weighted by molar-refractivity contribution is 9.10. The van der Waals surface area contributed by atoms with Crippen LogP contribution in [0.25, 0.3) is 10.9 Å². The lowest BCUT2D eigenvalue weighted by Gasteiger charge is -2.44. The molecule has 6 nitrogen and oxygen atoms in total. The van der Waals surface area contributed by atoms with E-state index in [-0.39, 0.29) is 38.5 Å². The molecule has 1 aromatic heterocycles. The first-order valence-corrected chi connectivity index (χ1v) is 10.7. The predicted octanol–water partition coefficient (Wildman–Crippen LogP) is 5.67. The van der Waals surface area contributed by atoms with Gasteiger partial charge in [-0.3, -0.25) is 0 Å². The van der Waals surface area contributed by atoms with Gasteiger partial charge >= 0.3 is 6.09 Å². The van der Waals surface area contributed by atoms with E-state index in [1.54, 1.807) is 11.0 Å². The van der Waals surface area contributed by atoms with Crippen molar-refractivity contribution in [3.63, 3.8) is 0 Å². The molecule has 0 aliphatic carbocycles. The fourth-order valence-electron chi connectivity index (χ4n) is 3.35. The van der Waals surface area contributed by atoms with E-state index in [0.717, 1.165) is 0 Å². The average molecular weight is 508 g/mol. The van der Waals surface area contributed by atoms with Gasteiger partial charge in [0.25, 0.3) is 0 Å². The molecule has 0 unspecified atom stereocenters. The van der Waals surface area contributed by atoms with Crippen molar-refractivity contribution in [3.05, 3.63) is 26.7 Å². The van der Waals surface area contributed by atoms with Gasteiger partial charge in [0.15, 0.2) is 5.82 Å². The van der Waals surface area contributed by atoms with E-state index in [1.807, 2.05) is 39.5 Å². The normalized spacial score (nSPS) is 20.3. The highest BCUT2D eigenvalue weighted by atomic mass is 79.9. The fraction of sp³-hybridized carbons (Fsp3) is 0.526. The first kappa shape index (κ1) is 22.3. The van der Waals surface area contributed by atoms with E-state index in [0.29, 0.717) is 24.3 Å². The summed E-state index contributed by atoms with van der Waals surface area (Å²) < 4.78 is 20.4. The third-order valence-corrected chi connectivity index (χ3v) is 6.14. The fourth-order valence-corrected chi connectivity index (χ4v) is 4.00. The van der Waals surface area contributed by atoms with Crippen LogP contribution in [0.15, 0.2) is 10.5 Å². The van der Waals surface area contributed by atoms with Crippen LogP contribution in [-0.4, -0.2) is 51.7 Å². The SMILES string of the molecule is C[C@@H]1CN(c2nc(Cl)nc3c(F)c(Br)c(Cl)cc23)[C@H](C)CN1C(=O)OC(C)(C)C. The molecule has 1 aliphatic rings. The van der Waals surface area contributed by atoms with Gasteiger partial charge < -0.3 is 14.5 Å². The molecule has 3 rings (SSSR count). The number of carbonyl (C=O) groups excluding carboxylic acids is 1. The lowest BCUT2D eigenvalue weighted by atomic mass is 10.1. The molecule has 1 saturated heterocycles. The van der Waals surface area contributed by atoms with Gasteiger partial charge in [0.1, 0.15) is 16.9 Å². The Bertz CT molecular complexity index is 970. The molecule has 29 heavy (non-hydrogen) atoms. The topological polar surface area (TPSA) is 58.6 Å². The molecule has 0 spiro atoms. The summed E-state index contributed by atoms with van der Waals surface area (Å²) >= 11 is 15.4. The van der Waals surface area contributed by atoms with Crippen LogP contribution >= 0.6 is 39.1 Å². The van der Waals surface area contributed by atoms with E-state index >= 15 is 0 Å². The summed E-state index contributed by atoms with van der Waals surface area (Å²) in [5.41, 5.74) is -0.486. The standard InChI is InChI=1S/C19H22BrCl2FN4O2/c1-9-8-27(18(28)29-19(3,4)5)10(2)7-26(9)16-11-6-12(21)13(20)14(23)15(11)24-17(22)25-16/h6,9-10H,7-8H2,1-5H3/t9-,10-/m1/s1. The number of carbonyl (C=O) groups is 1. The van der Waals surface area contributed by atoms with Gasteiger partial charge in [0.05, 0.1) is 9.50 Å². The molecule has 0 bridgehead atoms. The quantitative estimate of drug-likeness (QED) is 0.367. The number of hydrogen-bond donors (Lipinski definition) is 0. The smallest absolute Gasteiger partial charge is 0.410 e. The largest absolute Gasteiger partial charge is 0.444 e. The molecule has 0 saturated carbocycles. The second-order valence-electron chi connectivity index (χ2n) is 8.18. The Balaban J connectivity index is 1.98. The average Bonchev–Trinajstić information content (AvgIpc) is 2.60. The minimum Gasteiger partial charge on any atom is -0.444 e. The molecule has 1 aliphatic heterocycles. The van der Waals surface area contributed by atoms with E-state index in [1.165, 1.54) is 0 Å². The highest BCUT2D eigenvalue weighted by Gasteiger charge is 2.36. The molecule has 1 amide bonds. The van der Waals surface area contributed by atoms with Gasteiger partial charge in [0, 0.05) is 30.6 Å². The Morgan fingerprint density at radius 2 is 1.90 bits per heavy atom. The highest BCUT2D eigenvalue weighted by Crippen LogP contribution is 2.37. The van der Waals surface area contributed by atoms with Gasteiger partial charge in [-0.15, -0.1) is 0 Å². The Morgan fingerprint density at radius 1 is 1.24 bits per heavy atom. The van der Waals surface area contributed by atoms with E-state index in [2.05, 4.69) is 25.9 Å². The Morgan fingerprint density at radius 3 is 2.52 bits per heavy atom. The van der Waals surface area contributed by atoms with Crippen molar-refractivity contribution in [1.29, 1.82) is 0 Å². The van der Waals surface area contributed by atoms with Crippen molar-refractivity contribution >= 4 is 61.9 Å². The zero-order valence-electron chi connectivity index (χ0n) is 16.8. The number of amides is 1. The summed E-state index contributed by atoms with van der Waals surface area (Å²) in [4.78, 5) is 24.7. The van der Waals surface area contributed by atoms with E-state index in [4.69, 9.17) is 27.9 Å². The summed E-state index contributed by atoms with van der Waals surface area (Å²) in [7, 11) is 0. The number of ether oxygens (including phenoxy) is 1. The van der Waals surface area contributed by atoms with Crippen molar-refractivity contribution in [2.45, 2.75) is 52.3 Å². The van der Waals surface area contributed by atoms with Gasteiger partial charge in [-0.2, -0.15) is 4.98 Å². The molecule has 0 N–H and O–H groups in total. The summed E-state index contributed by atoms with van der Waals surface area (Å²) in [6, 6.07) is 1.35. The molecule has 1 aromatic carbocycles. The maximum absolute atomic E-state index is 14.7. The number of rotatable bonds is 1. The van der Waals surface area contributed by atoms with E-state index in [9.17, 15) is 9.18 Å². The third-order valence-electron chi connectivity index (χ3n) is 4.67. The first-order valence-electron chi connectivity index (χ1n) is 9.16.